The number of esters is 1. The van der Waals surface area contributed by atoms with E-state index < -0.39 is 11.6 Å². The highest BCUT2D eigenvalue weighted by Crippen LogP contribution is 2.32. The largest absolute Gasteiger partial charge is 0.508 e. The quantitative estimate of drug-likeness (QED) is 0.482. The normalized spacial score (nSPS) is 11.2. The second-order valence-electron chi connectivity index (χ2n) is 6.52. The third-order valence-corrected chi connectivity index (χ3v) is 3.51. The summed E-state index contributed by atoms with van der Waals surface area (Å²) in [6, 6.07) is 7.03. The van der Waals surface area contributed by atoms with Crippen molar-refractivity contribution in [1.29, 1.82) is 0 Å². The minimum absolute atomic E-state index is 0.0416. The van der Waals surface area contributed by atoms with Gasteiger partial charge in [-0.1, -0.05) is 11.6 Å². The number of benzene rings is 2. The van der Waals surface area contributed by atoms with Crippen molar-refractivity contribution in [3.8, 4) is 17.2 Å². The van der Waals surface area contributed by atoms with Crippen molar-refractivity contribution < 1.29 is 24.9 Å². The fourth-order valence-corrected chi connectivity index (χ4v) is 2.35. The molecule has 0 aromatic heterocycles. The van der Waals surface area contributed by atoms with Gasteiger partial charge in [-0.2, -0.15) is 0 Å². The summed E-state index contributed by atoms with van der Waals surface area (Å²) in [5.41, 5.74) is 0.306. The average Bonchev–Trinajstić information content (AvgIpc) is 2.47. The first kappa shape index (κ1) is 18.7. The Morgan fingerprint density at radius 3 is 2.44 bits per heavy atom. The number of carbonyl (C=O) groups is 1. The molecule has 0 spiro atoms. The molecule has 2 aromatic rings. The van der Waals surface area contributed by atoms with E-state index in [0.717, 1.165) is 0 Å². The summed E-state index contributed by atoms with van der Waals surface area (Å²) in [5, 5.41) is 32.5. The van der Waals surface area contributed by atoms with Crippen molar-refractivity contribution in [3.63, 3.8) is 0 Å². The minimum Gasteiger partial charge on any atom is -0.508 e. The van der Waals surface area contributed by atoms with Crippen molar-refractivity contribution in [2.24, 2.45) is 0 Å². The number of aromatic hydroxyl groups is 3. The molecule has 0 heterocycles. The molecule has 25 heavy (non-hydrogen) atoms. The lowest BCUT2D eigenvalue weighted by Gasteiger charge is -2.20. The van der Waals surface area contributed by atoms with Crippen LogP contribution in [0.3, 0.4) is 0 Å². The van der Waals surface area contributed by atoms with Crippen LogP contribution in [0.1, 0.15) is 36.7 Å². The van der Waals surface area contributed by atoms with Gasteiger partial charge < -0.3 is 25.4 Å². The topological polar surface area (TPSA) is 99.0 Å². The summed E-state index contributed by atoms with van der Waals surface area (Å²) >= 11 is 5.81. The number of hydrogen-bond acceptors (Lipinski definition) is 6. The van der Waals surface area contributed by atoms with E-state index >= 15 is 0 Å². The van der Waals surface area contributed by atoms with E-state index in [2.05, 4.69) is 5.32 Å². The van der Waals surface area contributed by atoms with E-state index in [1.54, 1.807) is 26.8 Å². The molecule has 0 amide bonds. The van der Waals surface area contributed by atoms with Crippen LogP contribution < -0.4 is 5.32 Å². The van der Waals surface area contributed by atoms with Gasteiger partial charge in [0.25, 0.3) is 0 Å². The lowest BCUT2D eigenvalue weighted by atomic mass is 10.1. The van der Waals surface area contributed by atoms with Crippen LogP contribution in [0.2, 0.25) is 5.02 Å². The van der Waals surface area contributed by atoms with Crippen LogP contribution in [0.25, 0.3) is 0 Å². The zero-order chi connectivity index (χ0) is 18.8. The molecule has 7 heteroatoms. The van der Waals surface area contributed by atoms with E-state index in [0.29, 0.717) is 11.3 Å². The summed E-state index contributed by atoms with van der Waals surface area (Å²) in [4.78, 5) is 12.0. The highest BCUT2D eigenvalue weighted by atomic mass is 35.5. The van der Waals surface area contributed by atoms with Crippen LogP contribution in [0.4, 0.5) is 5.69 Å². The molecule has 0 fully saturated rings. The number of halogens is 1. The number of phenolic OH excluding ortho intramolecular Hbond substituents is 3. The Kier molecular flexibility index (Phi) is 5.33. The summed E-state index contributed by atoms with van der Waals surface area (Å²) in [6.45, 7) is 5.38. The second-order valence-corrected chi connectivity index (χ2v) is 6.93. The molecule has 2 rings (SSSR count). The Hall–Kier alpha value is -2.60. The lowest BCUT2D eigenvalue weighted by Crippen LogP contribution is -2.23. The molecule has 0 aliphatic carbocycles. The highest BCUT2D eigenvalue weighted by Gasteiger charge is 2.20. The Labute approximate surface area is 150 Å². The Morgan fingerprint density at radius 2 is 1.84 bits per heavy atom. The number of hydrogen-bond donors (Lipinski definition) is 4. The maximum Gasteiger partial charge on any atom is 0.342 e. The minimum atomic E-state index is -0.660. The van der Waals surface area contributed by atoms with Crippen molar-refractivity contribution >= 4 is 23.3 Å². The number of carbonyl (C=O) groups excluding carboxylic acids is 1. The molecule has 0 radical (unpaired) electrons. The van der Waals surface area contributed by atoms with Crippen LogP contribution in [0.15, 0.2) is 30.3 Å². The molecular weight excluding hydrogens is 346 g/mol. The predicted octanol–water partition coefficient (Wildman–Crippen LogP) is 4.02. The first-order valence-electron chi connectivity index (χ1n) is 7.57. The van der Waals surface area contributed by atoms with Crippen molar-refractivity contribution in [2.45, 2.75) is 32.9 Å². The zero-order valence-corrected chi connectivity index (χ0v) is 14.9. The van der Waals surface area contributed by atoms with E-state index in [4.69, 9.17) is 16.3 Å². The van der Waals surface area contributed by atoms with Gasteiger partial charge >= 0.3 is 5.97 Å². The van der Waals surface area contributed by atoms with Gasteiger partial charge in [-0.3, -0.25) is 0 Å². The fourth-order valence-electron chi connectivity index (χ4n) is 2.12. The van der Waals surface area contributed by atoms with Gasteiger partial charge in [-0.05, 0) is 39.0 Å². The molecule has 6 nitrogen and oxygen atoms in total. The van der Waals surface area contributed by atoms with Gasteiger partial charge in [0.15, 0.2) is 0 Å². The second kappa shape index (κ2) is 7.11. The first-order chi connectivity index (χ1) is 11.6. The Balaban J connectivity index is 2.13. The third kappa shape index (κ3) is 4.93. The first-order valence-corrected chi connectivity index (χ1v) is 7.95. The molecule has 0 saturated heterocycles. The summed E-state index contributed by atoms with van der Waals surface area (Å²) in [6.07, 6.45) is 0. The van der Waals surface area contributed by atoms with Gasteiger partial charge in [0.2, 0.25) is 0 Å². The Morgan fingerprint density at radius 1 is 1.16 bits per heavy atom. The SMILES string of the molecule is CC(C)(C)OC(=O)c1ccc(NCc2cc(O)cc(Cl)c2O)cc1O. The van der Waals surface area contributed by atoms with Crippen LogP contribution in [0.5, 0.6) is 17.2 Å². The standard InChI is InChI=1S/C18H20ClNO5/c1-18(2,3)25-17(24)13-5-4-11(7-15(13)22)20-9-10-6-12(21)8-14(19)16(10)23/h4-8,20-23H,9H2,1-3H3. The molecule has 0 atom stereocenters. The number of phenols is 3. The predicted molar refractivity (Wildman–Crippen MR) is 95.4 cm³/mol. The molecule has 4 N–H and O–H groups in total. The van der Waals surface area contributed by atoms with E-state index in [-0.39, 0.29) is 34.4 Å². The van der Waals surface area contributed by atoms with Gasteiger partial charge in [0.1, 0.15) is 28.4 Å². The number of rotatable bonds is 4. The molecule has 2 aromatic carbocycles. The summed E-state index contributed by atoms with van der Waals surface area (Å²) < 4.78 is 5.22. The van der Waals surface area contributed by atoms with Gasteiger partial charge in [0, 0.05) is 29.9 Å². The molecule has 0 saturated carbocycles. The number of ether oxygens (including phenoxy) is 1. The molecule has 134 valence electrons. The summed E-state index contributed by atoms with van der Waals surface area (Å²) in [5.74, 6) is -1.05. The molecule has 0 aliphatic rings. The zero-order valence-electron chi connectivity index (χ0n) is 14.1. The monoisotopic (exact) mass is 365 g/mol. The van der Waals surface area contributed by atoms with Crippen LogP contribution >= 0.6 is 11.6 Å². The third-order valence-electron chi connectivity index (χ3n) is 3.23. The molecule has 0 unspecified atom stereocenters. The van der Waals surface area contributed by atoms with Gasteiger partial charge in [-0.15, -0.1) is 0 Å². The maximum absolute atomic E-state index is 12.0. The van der Waals surface area contributed by atoms with Crippen LogP contribution in [0, 0.1) is 0 Å². The Bertz CT molecular complexity index is 799. The molecular formula is C18H20ClNO5. The van der Waals surface area contributed by atoms with Crippen molar-refractivity contribution in [1.82, 2.24) is 0 Å². The maximum atomic E-state index is 12.0. The number of nitrogens with one attached hydrogen (secondary N) is 1. The molecule has 0 bridgehead atoms. The van der Waals surface area contributed by atoms with Gasteiger partial charge in [0.05, 0.1) is 5.02 Å². The molecule has 0 aliphatic heterocycles. The van der Waals surface area contributed by atoms with E-state index in [9.17, 15) is 20.1 Å². The van der Waals surface area contributed by atoms with Crippen molar-refractivity contribution in [3.05, 3.63) is 46.5 Å². The lowest BCUT2D eigenvalue weighted by molar-refractivity contribution is 0.00668. The van der Waals surface area contributed by atoms with Gasteiger partial charge in [-0.25, -0.2) is 4.79 Å². The average molecular weight is 366 g/mol. The van der Waals surface area contributed by atoms with Crippen molar-refractivity contribution in [2.75, 3.05) is 5.32 Å². The number of anilines is 1. The fraction of sp³-hybridized carbons (Fsp3) is 0.278. The summed E-state index contributed by atoms with van der Waals surface area (Å²) in [7, 11) is 0. The van der Waals surface area contributed by atoms with Crippen LogP contribution in [-0.4, -0.2) is 26.9 Å². The van der Waals surface area contributed by atoms with Crippen LogP contribution in [-0.2, 0) is 11.3 Å². The van der Waals surface area contributed by atoms with E-state index in [1.807, 2.05) is 0 Å². The van der Waals surface area contributed by atoms with E-state index in [1.165, 1.54) is 24.3 Å². The highest BCUT2D eigenvalue weighted by molar-refractivity contribution is 6.32. The smallest absolute Gasteiger partial charge is 0.342 e.